The number of carbonyl (C=O) groups excluding carboxylic acids is 1. The van der Waals surface area contributed by atoms with E-state index in [2.05, 4.69) is 26.2 Å². The van der Waals surface area contributed by atoms with Gasteiger partial charge in [0.25, 0.3) is 5.91 Å². The maximum Gasteiger partial charge on any atom is 0.293 e. The van der Waals surface area contributed by atoms with Gasteiger partial charge in [-0.3, -0.25) is 10.1 Å². The summed E-state index contributed by atoms with van der Waals surface area (Å²) >= 11 is 16.9. The molecule has 0 saturated carbocycles. The Hall–Kier alpha value is -1.86. The molecule has 0 spiro atoms. The van der Waals surface area contributed by atoms with E-state index in [9.17, 15) is 4.79 Å². The highest BCUT2D eigenvalue weighted by atomic mass is 79.9. The quantitative estimate of drug-likeness (QED) is 0.348. The first kappa shape index (κ1) is 18.5. The van der Waals surface area contributed by atoms with E-state index in [1.165, 1.54) is 11.3 Å². The van der Waals surface area contributed by atoms with Crippen LogP contribution < -0.4 is 5.32 Å². The molecule has 0 aliphatic rings. The normalized spacial score (nSPS) is 11.1. The predicted molar refractivity (Wildman–Crippen MR) is 113 cm³/mol. The highest BCUT2D eigenvalue weighted by Gasteiger charge is 2.15. The van der Waals surface area contributed by atoms with Crippen molar-refractivity contribution in [1.29, 1.82) is 0 Å². The van der Waals surface area contributed by atoms with Gasteiger partial charge in [0.05, 0.1) is 5.02 Å². The van der Waals surface area contributed by atoms with E-state index in [1.54, 1.807) is 30.5 Å². The lowest BCUT2D eigenvalue weighted by Crippen LogP contribution is -2.10. The molecule has 2 heterocycles. The van der Waals surface area contributed by atoms with Crippen LogP contribution >= 0.6 is 50.5 Å². The van der Waals surface area contributed by atoms with Crippen molar-refractivity contribution < 1.29 is 9.21 Å². The van der Waals surface area contributed by atoms with Gasteiger partial charge in [0.15, 0.2) is 10.9 Å². The Balaban J connectivity index is 1.47. The number of hydrogen-bond donors (Lipinski definition) is 1. The van der Waals surface area contributed by atoms with Gasteiger partial charge in [0, 0.05) is 32.4 Å². The zero-order valence-electron chi connectivity index (χ0n) is 13.6. The van der Waals surface area contributed by atoms with Gasteiger partial charge in [0.2, 0.25) is 0 Å². The van der Waals surface area contributed by atoms with Crippen molar-refractivity contribution in [2.75, 3.05) is 5.32 Å². The molecule has 136 valence electrons. The number of rotatable bonds is 4. The Bertz CT molecular complexity index is 1160. The number of aromatic nitrogens is 1. The summed E-state index contributed by atoms with van der Waals surface area (Å²) in [6, 6.07) is 12.7. The standard InChI is InChI=1S/C19H11BrCl2N2O2S/c20-14-3-1-10(6-15(14)22)5-13-9-23-19(27-13)24-18(25)17-8-11-7-12(21)2-4-16(11)26-17/h1-4,6-9H,5H2,(H,23,24,25). The molecular formula is C19H11BrCl2N2O2S. The third kappa shape index (κ3) is 4.19. The number of furan rings is 1. The van der Waals surface area contributed by atoms with Crippen LogP contribution in [0.25, 0.3) is 11.0 Å². The van der Waals surface area contributed by atoms with Gasteiger partial charge in [-0.15, -0.1) is 11.3 Å². The number of fused-ring (bicyclic) bond motifs is 1. The average Bonchev–Trinajstić information content (AvgIpc) is 3.24. The molecule has 27 heavy (non-hydrogen) atoms. The second-order valence-electron chi connectivity index (χ2n) is 5.80. The fourth-order valence-corrected chi connectivity index (χ4v) is 4.05. The number of nitrogens with zero attached hydrogens (tertiary/aromatic N) is 1. The summed E-state index contributed by atoms with van der Waals surface area (Å²) in [5, 5.41) is 5.31. The van der Waals surface area contributed by atoms with Gasteiger partial charge < -0.3 is 4.42 Å². The number of amides is 1. The summed E-state index contributed by atoms with van der Waals surface area (Å²) in [4.78, 5) is 17.7. The smallest absolute Gasteiger partial charge is 0.293 e. The second-order valence-corrected chi connectivity index (χ2v) is 8.62. The molecule has 0 unspecified atom stereocenters. The molecule has 1 N–H and O–H groups in total. The summed E-state index contributed by atoms with van der Waals surface area (Å²) in [5.41, 5.74) is 1.68. The van der Waals surface area contributed by atoms with E-state index < -0.39 is 0 Å². The van der Waals surface area contributed by atoms with Crippen LogP contribution in [0, 0.1) is 0 Å². The minimum atomic E-state index is -0.352. The second kappa shape index (κ2) is 7.64. The molecule has 0 bridgehead atoms. The van der Waals surface area contributed by atoms with Crippen LogP contribution in [-0.2, 0) is 6.42 Å². The van der Waals surface area contributed by atoms with Gasteiger partial charge in [-0.05, 0) is 57.9 Å². The van der Waals surface area contributed by atoms with E-state index in [-0.39, 0.29) is 11.7 Å². The largest absolute Gasteiger partial charge is 0.451 e. The van der Waals surface area contributed by atoms with Crippen molar-refractivity contribution in [3.05, 3.63) is 79.4 Å². The minimum Gasteiger partial charge on any atom is -0.451 e. The molecular weight excluding hydrogens is 471 g/mol. The Kier molecular flexibility index (Phi) is 5.23. The van der Waals surface area contributed by atoms with Gasteiger partial charge in [-0.2, -0.15) is 0 Å². The van der Waals surface area contributed by atoms with Gasteiger partial charge in [-0.25, -0.2) is 4.98 Å². The third-order valence-electron chi connectivity index (χ3n) is 3.84. The first-order valence-corrected chi connectivity index (χ1v) is 10.2. The van der Waals surface area contributed by atoms with Crippen molar-refractivity contribution in [1.82, 2.24) is 4.98 Å². The number of benzene rings is 2. The third-order valence-corrected chi connectivity index (χ3v) is 6.22. The topological polar surface area (TPSA) is 55.1 Å². The highest BCUT2D eigenvalue weighted by molar-refractivity contribution is 9.10. The average molecular weight is 482 g/mol. The van der Waals surface area contributed by atoms with Crippen LogP contribution in [0.5, 0.6) is 0 Å². The monoisotopic (exact) mass is 480 g/mol. The molecule has 0 fully saturated rings. The number of nitrogens with one attached hydrogen (secondary N) is 1. The number of halogens is 3. The van der Waals surface area contributed by atoms with Gasteiger partial charge in [-0.1, -0.05) is 29.3 Å². The molecule has 8 heteroatoms. The molecule has 0 aliphatic carbocycles. The summed E-state index contributed by atoms with van der Waals surface area (Å²) in [6.45, 7) is 0. The lowest BCUT2D eigenvalue weighted by Gasteiger charge is -2.01. The molecule has 0 atom stereocenters. The van der Waals surface area contributed by atoms with E-state index >= 15 is 0 Å². The summed E-state index contributed by atoms with van der Waals surface area (Å²) in [5.74, 6) is -0.140. The van der Waals surface area contributed by atoms with Gasteiger partial charge in [0.1, 0.15) is 5.58 Å². The lowest BCUT2D eigenvalue weighted by atomic mass is 10.1. The Morgan fingerprint density at radius 2 is 2.04 bits per heavy atom. The Morgan fingerprint density at radius 3 is 2.85 bits per heavy atom. The fourth-order valence-electron chi connectivity index (χ4n) is 2.58. The first-order valence-electron chi connectivity index (χ1n) is 7.87. The van der Waals surface area contributed by atoms with Crippen molar-refractivity contribution in [2.24, 2.45) is 0 Å². The number of carbonyl (C=O) groups is 1. The van der Waals surface area contributed by atoms with Crippen LogP contribution in [0.4, 0.5) is 5.13 Å². The number of hydrogen-bond acceptors (Lipinski definition) is 4. The predicted octanol–water partition coefficient (Wildman–Crippen LogP) is 6.80. The van der Waals surface area contributed by atoms with Crippen LogP contribution in [0.15, 0.2) is 57.6 Å². The zero-order chi connectivity index (χ0) is 19.0. The van der Waals surface area contributed by atoms with Crippen LogP contribution in [0.3, 0.4) is 0 Å². The van der Waals surface area contributed by atoms with Crippen molar-refractivity contribution in [3.8, 4) is 0 Å². The van der Waals surface area contributed by atoms with E-state index in [1.807, 2.05) is 18.2 Å². The summed E-state index contributed by atoms with van der Waals surface area (Å²) < 4.78 is 6.43. The van der Waals surface area contributed by atoms with Gasteiger partial charge >= 0.3 is 0 Å². The number of thiazole rings is 1. The fraction of sp³-hybridized carbons (Fsp3) is 0.0526. The molecule has 4 nitrogen and oxygen atoms in total. The first-order chi connectivity index (χ1) is 13.0. The Morgan fingerprint density at radius 1 is 1.19 bits per heavy atom. The molecule has 4 aromatic rings. The van der Waals surface area contributed by atoms with Crippen LogP contribution in [0.2, 0.25) is 10.0 Å². The molecule has 4 rings (SSSR count). The Labute approximate surface area is 177 Å². The maximum atomic E-state index is 12.4. The van der Waals surface area contributed by atoms with E-state index in [0.717, 1.165) is 20.3 Å². The molecule has 0 radical (unpaired) electrons. The molecule has 0 aliphatic heterocycles. The van der Waals surface area contributed by atoms with Crippen molar-refractivity contribution >= 4 is 72.5 Å². The van der Waals surface area contributed by atoms with E-state index in [4.69, 9.17) is 27.6 Å². The SMILES string of the molecule is O=C(Nc1ncc(Cc2ccc(Br)c(Cl)c2)s1)c1cc2cc(Cl)ccc2o1. The molecule has 1 amide bonds. The molecule has 2 aromatic carbocycles. The van der Waals surface area contributed by atoms with Crippen LogP contribution in [-0.4, -0.2) is 10.9 Å². The minimum absolute atomic E-state index is 0.212. The highest BCUT2D eigenvalue weighted by Crippen LogP contribution is 2.28. The summed E-state index contributed by atoms with van der Waals surface area (Å²) in [6.07, 6.45) is 2.43. The van der Waals surface area contributed by atoms with Crippen molar-refractivity contribution in [2.45, 2.75) is 6.42 Å². The van der Waals surface area contributed by atoms with Crippen molar-refractivity contribution in [3.63, 3.8) is 0 Å². The zero-order valence-corrected chi connectivity index (χ0v) is 17.5. The number of anilines is 1. The maximum absolute atomic E-state index is 12.4. The van der Waals surface area contributed by atoms with E-state index in [0.29, 0.717) is 27.2 Å². The lowest BCUT2D eigenvalue weighted by molar-refractivity contribution is 0.0998. The molecule has 2 aromatic heterocycles. The molecule has 0 saturated heterocycles. The summed E-state index contributed by atoms with van der Waals surface area (Å²) in [7, 11) is 0. The van der Waals surface area contributed by atoms with Crippen LogP contribution in [0.1, 0.15) is 21.0 Å².